The Morgan fingerprint density at radius 2 is 2.00 bits per heavy atom. The molecule has 0 radical (unpaired) electrons. The molecule has 0 saturated carbocycles. The molecule has 0 rings (SSSR count). The molecule has 66 valence electrons. The van der Waals surface area contributed by atoms with Crippen LogP contribution in [0.3, 0.4) is 0 Å². The topological polar surface area (TPSA) is 33.6 Å². The van der Waals surface area contributed by atoms with Crippen molar-refractivity contribution in [2.45, 2.75) is 26.7 Å². The van der Waals surface area contributed by atoms with E-state index >= 15 is 0 Å². The van der Waals surface area contributed by atoms with Crippen LogP contribution in [0.4, 0.5) is 0 Å². The van der Waals surface area contributed by atoms with Gasteiger partial charge in [0.15, 0.2) is 0 Å². The first-order valence-electron chi connectivity index (χ1n) is 4.17. The van der Waals surface area contributed by atoms with E-state index in [0.29, 0.717) is 6.61 Å². The van der Waals surface area contributed by atoms with Gasteiger partial charge in [0.25, 0.3) is 0 Å². The van der Waals surface area contributed by atoms with Crippen LogP contribution < -0.4 is 5.32 Å². The van der Waals surface area contributed by atoms with E-state index in [0.717, 1.165) is 25.1 Å². The van der Waals surface area contributed by atoms with Gasteiger partial charge in [-0.1, -0.05) is 19.0 Å². The average molecular weight is 158 g/mol. The van der Waals surface area contributed by atoms with E-state index in [1.807, 2.05) is 7.05 Å². The van der Waals surface area contributed by atoms with Crippen LogP contribution in [-0.2, 0) is 4.84 Å². The molecular weight excluding hydrogens is 140 g/mol. The number of nitrogens with zero attached hydrogens (tertiary/aromatic N) is 1. The third kappa shape index (κ3) is 5.85. The number of hydrogen-bond donors (Lipinski definition) is 1. The summed E-state index contributed by atoms with van der Waals surface area (Å²) in [5.74, 6) is 0. The molecule has 11 heavy (non-hydrogen) atoms. The maximum absolute atomic E-state index is 5.04. The van der Waals surface area contributed by atoms with Crippen LogP contribution >= 0.6 is 0 Å². The number of nitrogens with one attached hydrogen (secondary N) is 1. The van der Waals surface area contributed by atoms with E-state index in [2.05, 4.69) is 24.3 Å². The Bertz CT molecular complexity index is 107. The summed E-state index contributed by atoms with van der Waals surface area (Å²) in [4.78, 5) is 5.04. The molecule has 0 aromatic rings. The van der Waals surface area contributed by atoms with Gasteiger partial charge in [0.05, 0.1) is 5.71 Å². The molecule has 0 atom stereocenters. The molecular formula is C8H18N2O. The first-order chi connectivity index (χ1) is 5.35. The lowest BCUT2D eigenvalue weighted by Gasteiger charge is -2.00. The maximum Gasteiger partial charge on any atom is 0.129 e. The number of oxime groups is 1. The highest BCUT2D eigenvalue weighted by Gasteiger charge is 1.90. The summed E-state index contributed by atoms with van der Waals surface area (Å²) in [5, 5.41) is 6.96. The van der Waals surface area contributed by atoms with Crippen molar-refractivity contribution in [3.63, 3.8) is 0 Å². The van der Waals surface area contributed by atoms with Crippen LogP contribution in [0.25, 0.3) is 0 Å². The van der Waals surface area contributed by atoms with Crippen molar-refractivity contribution < 1.29 is 4.84 Å². The van der Waals surface area contributed by atoms with Gasteiger partial charge in [0, 0.05) is 6.54 Å². The van der Waals surface area contributed by atoms with Gasteiger partial charge >= 0.3 is 0 Å². The van der Waals surface area contributed by atoms with Crippen LogP contribution in [0.1, 0.15) is 26.7 Å². The zero-order valence-electron chi connectivity index (χ0n) is 7.68. The molecule has 0 saturated heterocycles. The van der Waals surface area contributed by atoms with E-state index in [9.17, 15) is 0 Å². The van der Waals surface area contributed by atoms with Crippen molar-refractivity contribution in [3.8, 4) is 0 Å². The second kappa shape index (κ2) is 7.54. The SMILES string of the molecule is CCC(CC)=NOCCNC. The minimum absolute atomic E-state index is 0.653. The minimum atomic E-state index is 0.653. The monoisotopic (exact) mass is 158 g/mol. The van der Waals surface area contributed by atoms with Gasteiger partial charge in [-0.05, 0) is 19.9 Å². The Kier molecular flexibility index (Phi) is 7.15. The van der Waals surface area contributed by atoms with Gasteiger partial charge in [0.1, 0.15) is 6.61 Å². The van der Waals surface area contributed by atoms with E-state index in [1.54, 1.807) is 0 Å². The molecule has 0 aliphatic heterocycles. The van der Waals surface area contributed by atoms with Crippen molar-refractivity contribution in [3.05, 3.63) is 0 Å². The molecule has 0 aliphatic rings. The highest BCUT2D eigenvalue weighted by molar-refractivity contribution is 5.83. The quantitative estimate of drug-likeness (QED) is 0.360. The second-order valence-electron chi connectivity index (χ2n) is 2.30. The fourth-order valence-electron chi connectivity index (χ4n) is 0.664. The predicted octanol–water partition coefficient (Wildman–Crippen LogP) is 1.40. The molecule has 3 heteroatoms. The predicted molar refractivity (Wildman–Crippen MR) is 47.9 cm³/mol. The van der Waals surface area contributed by atoms with E-state index in [1.165, 1.54) is 0 Å². The Labute approximate surface area is 68.8 Å². The lowest BCUT2D eigenvalue weighted by molar-refractivity contribution is 0.146. The molecule has 0 heterocycles. The third-order valence-electron chi connectivity index (χ3n) is 1.45. The van der Waals surface area contributed by atoms with Crippen LogP contribution in [-0.4, -0.2) is 25.9 Å². The molecule has 0 spiro atoms. The molecule has 0 aliphatic carbocycles. The zero-order valence-corrected chi connectivity index (χ0v) is 7.68. The summed E-state index contributed by atoms with van der Waals surface area (Å²) in [6.45, 7) is 5.68. The summed E-state index contributed by atoms with van der Waals surface area (Å²) in [6.07, 6.45) is 1.96. The lowest BCUT2D eigenvalue weighted by atomic mass is 10.2. The molecule has 3 nitrogen and oxygen atoms in total. The Hall–Kier alpha value is -0.570. The van der Waals surface area contributed by atoms with Gasteiger partial charge in [-0.25, -0.2) is 0 Å². The summed E-state index contributed by atoms with van der Waals surface area (Å²) in [7, 11) is 1.90. The molecule has 0 fully saturated rings. The van der Waals surface area contributed by atoms with Crippen molar-refractivity contribution >= 4 is 5.71 Å². The highest BCUT2D eigenvalue weighted by atomic mass is 16.6. The minimum Gasteiger partial charge on any atom is -0.394 e. The van der Waals surface area contributed by atoms with Gasteiger partial charge in [-0.15, -0.1) is 0 Å². The Balaban J connectivity index is 3.37. The van der Waals surface area contributed by atoms with Gasteiger partial charge in [-0.3, -0.25) is 0 Å². The third-order valence-corrected chi connectivity index (χ3v) is 1.45. The molecule has 0 amide bonds. The largest absolute Gasteiger partial charge is 0.394 e. The first-order valence-corrected chi connectivity index (χ1v) is 4.17. The molecule has 1 N–H and O–H groups in total. The summed E-state index contributed by atoms with van der Waals surface area (Å²) >= 11 is 0. The average Bonchev–Trinajstić information content (AvgIpc) is 2.05. The van der Waals surface area contributed by atoms with E-state index in [-0.39, 0.29) is 0 Å². The van der Waals surface area contributed by atoms with E-state index < -0.39 is 0 Å². The summed E-state index contributed by atoms with van der Waals surface area (Å²) < 4.78 is 0. The first kappa shape index (κ1) is 10.4. The zero-order chi connectivity index (χ0) is 8.53. The van der Waals surface area contributed by atoms with Crippen molar-refractivity contribution in [2.24, 2.45) is 5.16 Å². The van der Waals surface area contributed by atoms with Gasteiger partial charge < -0.3 is 10.2 Å². The number of rotatable bonds is 6. The van der Waals surface area contributed by atoms with Gasteiger partial charge in [0.2, 0.25) is 0 Å². The van der Waals surface area contributed by atoms with E-state index in [4.69, 9.17) is 4.84 Å². The van der Waals surface area contributed by atoms with Crippen LogP contribution in [0.5, 0.6) is 0 Å². The summed E-state index contributed by atoms with van der Waals surface area (Å²) in [6, 6.07) is 0. The summed E-state index contributed by atoms with van der Waals surface area (Å²) in [5.41, 5.74) is 1.13. The fourth-order valence-corrected chi connectivity index (χ4v) is 0.664. The maximum atomic E-state index is 5.04. The van der Waals surface area contributed by atoms with Crippen molar-refractivity contribution in [2.75, 3.05) is 20.2 Å². The normalized spacial score (nSPS) is 9.36. The number of hydrogen-bond acceptors (Lipinski definition) is 3. The van der Waals surface area contributed by atoms with Crippen molar-refractivity contribution in [1.82, 2.24) is 5.32 Å². The van der Waals surface area contributed by atoms with Crippen LogP contribution in [0.2, 0.25) is 0 Å². The Morgan fingerprint density at radius 1 is 1.36 bits per heavy atom. The van der Waals surface area contributed by atoms with Gasteiger partial charge in [-0.2, -0.15) is 0 Å². The lowest BCUT2D eigenvalue weighted by Crippen LogP contribution is -2.13. The Morgan fingerprint density at radius 3 is 2.45 bits per heavy atom. The smallest absolute Gasteiger partial charge is 0.129 e. The number of likely N-dealkylation sites (N-methyl/N-ethyl adjacent to an activating group) is 1. The van der Waals surface area contributed by atoms with Crippen molar-refractivity contribution in [1.29, 1.82) is 0 Å². The van der Waals surface area contributed by atoms with Crippen LogP contribution in [0.15, 0.2) is 5.16 Å². The van der Waals surface area contributed by atoms with Crippen LogP contribution in [0, 0.1) is 0 Å². The second-order valence-corrected chi connectivity index (χ2v) is 2.30. The molecule has 0 aromatic carbocycles. The molecule has 0 bridgehead atoms. The highest BCUT2D eigenvalue weighted by Crippen LogP contribution is 1.91. The standard InChI is InChI=1S/C8H18N2O/c1-4-8(5-2)10-11-7-6-9-3/h9H,4-7H2,1-3H3. The molecule has 0 aromatic heterocycles. The fraction of sp³-hybridized carbons (Fsp3) is 0.875. The molecule has 0 unspecified atom stereocenters.